The minimum absolute atomic E-state index is 0.0833. The third kappa shape index (κ3) is 4.67. The van der Waals surface area contributed by atoms with Crippen molar-refractivity contribution in [2.75, 3.05) is 6.61 Å². The molecule has 1 N–H and O–H groups in total. The largest absolute Gasteiger partial charge is 0.468 e. The maximum absolute atomic E-state index is 13.1. The summed E-state index contributed by atoms with van der Waals surface area (Å²) in [6, 6.07) is 11.7. The average Bonchev–Trinajstić information content (AvgIpc) is 3.60. The van der Waals surface area contributed by atoms with Gasteiger partial charge >= 0.3 is 0 Å². The van der Waals surface area contributed by atoms with E-state index in [0.717, 1.165) is 53.9 Å². The van der Waals surface area contributed by atoms with Crippen molar-refractivity contribution in [3.05, 3.63) is 75.7 Å². The molecule has 4 aromatic rings. The summed E-state index contributed by atoms with van der Waals surface area (Å²) in [5.74, 6) is 1.60. The Kier molecular flexibility index (Phi) is 6.55. The summed E-state index contributed by atoms with van der Waals surface area (Å²) >= 11 is 0. The van der Waals surface area contributed by atoms with Crippen LogP contribution in [0.3, 0.4) is 0 Å². The van der Waals surface area contributed by atoms with Crippen molar-refractivity contribution in [3.63, 3.8) is 0 Å². The third-order valence-electron chi connectivity index (χ3n) is 6.56. The van der Waals surface area contributed by atoms with Crippen molar-refractivity contribution < 1.29 is 9.15 Å². The zero-order valence-electron chi connectivity index (χ0n) is 19.6. The molecule has 0 spiro atoms. The molecule has 178 valence electrons. The second kappa shape index (κ2) is 9.90. The van der Waals surface area contributed by atoms with Crippen LogP contribution in [-0.2, 0) is 24.4 Å². The van der Waals surface area contributed by atoms with Crippen LogP contribution in [0.25, 0.3) is 10.9 Å². The van der Waals surface area contributed by atoms with Crippen LogP contribution in [0.4, 0.5) is 0 Å². The van der Waals surface area contributed by atoms with Crippen molar-refractivity contribution in [3.8, 4) is 0 Å². The highest BCUT2D eigenvalue weighted by atomic mass is 16.5. The summed E-state index contributed by atoms with van der Waals surface area (Å²) in [6.45, 7) is 6.49. The number of aryl methyl sites for hydroxylation is 1. The average molecular weight is 463 g/mol. The van der Waals surface area contributed by atoms with Gasteiger partial charge in [0.2, 0.25) is 0 Å². The lowest BCUT2D eigenvalue weighted by Crippen LogP contribution is -2.33. The summed E-state index contributed by atoms with van der Waals surface area (Å²) < 4.78 is 13.3. The lowest BCUT2D eigenvalue weighted by molar-refractivity contribution is 0.0882. The second-order valence-electron chi connectivity index (χ2n) is 8.93. The quantitative estimate of drug-likeness (QED) is 0.404. The lowest BCUT2D eigenvalue weighted by atomic mass is 10.1. The first-order valence-corrected chi connectivity index (χ1v) is 11.9. The Morgan fingerprint density at radius 2 is 2.18 bits per heavy atom. The number of rotatable bonds is 9. The van der Waals surface area contributed by atoms with Crippen molar-refractivity contribution in [2.45, 2.75) is 64.9 Å². The van der Waals surface area contributed by atoms with Gasteiger partial charge in [-0.05, 0) is 65.8 Å². The van der Waals surface area contributed by atoms with Gasteiger partial charge in [-0.1, -0.05) is 25.1 Å². The molecule has 0 aliphatic carbocycles. The zero-order valence-corrected chi connectivity index (χ0v) is 19.6. The van der Waals surface area contributed by atoms with E-state index in [4.69, 9.17) is 9.15 Å². The van der Waals surface area contributed by atoms with Gasteiger partial charge in [0.25, 0.3) is 5.56 Å². The number of aromatic amines is 1. The van der Waals surface area contributed by atoms with Gasteiger partial charge in [0.05, 0.1) is 37.0 Å². The highest BCUT2D eigenvalue weighted by Crippen LogP contribution is 2.27. The molecule has 1 fully saturated rings. The van der Waals surface area contributed by atoms with E-state index >= 15 is 0 Å². The van der Waals surface area contributed by atoms with E-state index in [1.807, 2.05) is 48.0 Å². The number of furan rings is 1. The Hall–Kier alpha value is -3.30. The van der Waals surface area contributed by atoms with Crippen LogP contribution >= 0.6 is 0 Å². The number of aromatic nitrogens is 5. The molecule has 9 heteroatoms. The molecule has 1 saturated heterocycles. The molecule has 1 aliphatic heterocycles. The summed E-state index contributed by atoms with van der Waals surface area (Å²) in [7, 11) is 0. The SMILES string of the molecule is CC[C@H](c1nnnn1C[C@H]1CCCO1)N(Cc1ccco1)Cc1cc2cccc(C)c2[nH]c1=O. The highest BCUT2D eigenvalue weighted by molar-refractivity contribution is 5.81. The molecule has 2 atom stereocenters. The second-order valence-corrected chi connectivity index (χ2v) is 8.93. The van der Waals surface area contributed by atoms with Gasteiger partial charge in [0.15, 0.2) is 5.82 Å². The number of hydrogen-bond donors (Lipinski definition) is 1. The van der Waals surface area contributed by atoms with Crippen LogP contribution in [0.5, 0.6) is 0 Å². The maximum Gasteiger partial charge on any atom is 0.252 e. The summed E-state index contributed by atoms with van der Waals surface area (Å²) in [6.07, 6.45) is 4.65. The minimum atomic E-state index is -0.103. The number of nitrogens with zero attached hydrogens (tertiary/aromatic N) is 5. The van der Waals surface area contributed by atoms with Crippen molar-refractivity contribution >= 4 is 10.9 Å². The molecule has 0 unspecified atom stereocenters. The van der Waals surface area contributed by atoms with E-state index in [0.29, 0.717) is 25.2 Å². The number of benzene rings is 1. The van der Waals surface area contributed by atoms with Gasteiger partial charge in [-0.3, -0.25) is 9.69 Å². The molecule has 9 nitrogen and oxygen atoms in total. The van der Waals surface area contributed by atoms with Crippen LogP contribution < -0.4 is 5.56 Å². The number of tetrazole rings is 1. The Balaban J connectivity index is 1.49. The van der Waals surface area contributed by atoms with E-state index in [-0.39, 0.29) is 17.7 Å². The molecule has 0 saturated carbocycles. The summed E-state index contributed by atoms with van der Waals surface area (Å²) in [4.78, 5) is 18.3. The predicted molar refractivity (Wildman–Crippen MR) is 127 cm³/mol. The third-order valence-corrected chi connectivity index (χ3v) is 6.56. The molecule has 0 bridgehead atoms. The van der Waals surface area contributed by atoms with Gasteiger partial charge in [-0.15, -0.1) is 5.10 Å². The fourth-order valence-corrected chi connectivity index (χ4v) is 4.81. The first-order valence-electron chi connectivity index (χ1n) is 11.9. The number of pyridine rings is 1. The van der Waals surface area contributed by atoms with Crippen LogP contribution in [0, 0.1) is 6.92 Å². The number of para-hydroxylation sites is 1. The van der Waals surface area contributed by atoms with E-state index in [9.17, 15) is 4.79 Å². The van der Waals surface area contributed by atoms with Gasteiger partial charge in [-0.25, -0.2) is 4.68 Å². The van der Waals surface area contributed by atoms with E-state index in [1.54, 1.807) is 6.26 Å². The van der Waals surface area contributed by atoms with Crippen LogP contribution in [-0.4, -0.2) is 42.8 Å². The molecule has 4 heterocycles. The minimum Gasteiger partial charge on any atom is -0.468 e. The molecule has 1 aliphatic rings. The highest BCUT2D eigenvalue weighted by Gasteiger charge is 2.28. The molecule has 0 amide bonds. The normalized spacial score (nSPS) is 17.1. The number of fused-ring (bicyclic) bond motifs is 1. The predicted octanol–water partition coefficient (Wildman–Crippen LogP) is 3.75. The first-order chi connectivity index (χ1) is 16.6. The van der Waals surface area contributed by atoms with Crippen LogP contribution in [0.2, 0.25) is 0 Å². The standard InChI is InChI=1S/C25H30N6O3/c1-3-22(24-27-28-29-31(24)16-21-10-6-12-34-21)30(15-20-9-5-11-33-20)14-19-13-18-8-4-7-17(2)23(18)26-25(19)32/h4-5,7-9,11,13,21-22H,3,6,10,12,14-16H2,1-2H3,(H,26,32)/t21-,22-/m1/s1. The van der Waals surface area contributed by atoms with E-state index in [2.05, 4.69) is 32.3 Å². The van der Waals surface area contributed by atoms with Gasteiger partial charge in [0, 0.05) is 18.7 Å². The smallest absolute Gasteiger partial charge is 0.252 e. The molecule has 0 radical (unpaired) electrons. The first kappa shape index (κ1) is 22.5. The zero-order chi connectivity index (χ0) is 23.5. The summed E-state index contributed by atoms with van der Waals surface area (Å²) in [5, 5.41) is 13.6. The van der Waals surface area contributed by atoms with E-state index in [1.165, 1.54) is 0 Å². The molecule has 3 aromatic heterocycles. The number of hydrogen-bond acceptors (Lipinski definition) is 7. The molecule has 1 aromatic carbocycles. The Bertz CT molecular complexity index is 1290. The number of nitrogens with one attached hydrogen (secondary N) is 1. The molecular weight excluding hydrogens is 432 g/mol. The molecular formula is C25H30N6O3. The van der Waals surface area contributed by atoms with Crippen molar-refractivity contribution in [2.24, 2.45) is 0 Å². The van der Waals surface area contributed by atoms with Gasteiger partial charge < -0.3 is 14.1 Å². The Labute approximate surface area is 197 Å². The number of ether oxygens (including phenoxy) is 1. The van der Waals surface area contributed by atoms with Crippen molar-refractivity contribution in [1.82, 2.24) is 30.1 Å². The van der Waals surface area contributed by atoms with E-state index < -0.39 is 0 Å². The molecule has 34 heavy (non-hydrogen) atoms. The molecule has 5 rings (SSSR count). The monoisotopic (exact) mass is 462 g/mol. The van der Waals surface area contributed by atoms with Crippen molar-refractivity contribution in [1.29, 1.82) is 0 Å². The summed E-state index contributed by atoms with van der Waals surface area (Å²) in [5.41, 5.74) is 2.54. The Morgan fingerprint density at radius 3 is 2.94 bits per heavy atom. The fraction of sp³-hybridized carbons (Fsp3) is 0.440. The van der Waals surface area contributed by atoms with Gasteiger partial charge in [-0.2, -0.15) is 0 Å². The topological polar surface area (TPSA) is 102 Å². The number of H-pyrrole nitrogens is 1. The lowest BCUT2D eigenvalue weighted by Gasteiger charge is -2.29. The van der Waals surface area contributed by atoms with Crippen LogP contribution in [0.15, 0.2) is 51.9 Å². The Morgan fingerprint density at radius 1 is 1.26 bits per heavy atom. The van der Waals surface area contributed by atoms with Crippen LogP contribution in [0.1, 0.15) is 54.9 Å². The fourth-order valence-electron chi connectivity index (χ4n) is 4.81. The van der Waals surface area contributed by atoms with Gasteiger partial charge in [0.1, 0.15) is 5.76 Å². The maximum atomic E-state index is 13.1.